The molecular weight excluding hydrogens is 394 g/mol. The molecule has 0 saturated carbocycles. The first kappa shape index (κ1) is 21.2. The highest BCUT2D eigenvalue weighted by Gasteiger charge is 2.47. The number of esters is 1. The van der Waals surface area contributed by atoms with Gasteiger partial charge in [-0.2, -0.15) is 4.98 Å². The second-order valence-electron chi connectivity index (χ2n) is 7.95. The van der Waals surface area contributed by atoms with Crippen LogP contribution in [-0.2, 0) is 9.47 Å². The molecule has 0 spiro atoms. The van der Waals surface area contributed by atoms with Crippen LogP contribution >= 0.6 is 0 Å². The summed E-state index contributed by atoms with van der Waals surface area (Å²) in [6.07, 6.45) is -3.37. The first-order chi connectivity index (χ1) is 13.6. The summed E-state index contributed by atoms with van der Waals surface area (Å²) in [6.45, 7) is 5.83. The number of ether oxygens (including phenoxy) is 2. The fraction of sp³-hybridized carbons (Fsp3) is 0.421. The zero-order chi connectivity index (χ0) is 21.3. The number of hydrogen-bond donors (Lipinski definition) is 3. The Balaban J connectivity index is 1.87. The van der Waals surface area contributed by atoms with Gasteiger partial charge in [0.2, 0.25) is 0 Å². The first-order valence-electron chi connectivity index (χ1n) is 9.23. The van der Waals surface area contributed by atoms with Gasteiger partial charge in [-0.15, -0.1) is 0 Å². The molecule has 3 rings (SSSR count). The van der Waals surface area contributed by atoms with Crippen molar-refractivity contribution < 1.29 is 24.5 Å². The highest BCUT2D eigenvalue weighted by atomic mass is 28.3. The van der Waals surface area contributed by atoms with E-state index in [0.29, 0.717) is 5.56 Å². The molecule has 4 N–H and O–H groups in total. The molecule has 0 amide bonds. The molecule has 2 heterocycles. The Morgan fingerprint density at radius 1 is 1.31 bits per heavy atom. The van der Waals surface area contributed by atoms with Crippen molar-refractivity contribution in [1.82, 2.24) is 9.55 Å². The van der Waals surface area contributed by atoms with Crippen molar-refractivity contribution in [3.63, 3.8) is 0 Å². The second kappa shape index (κ2) is 8.07. The lowest BCUT2D eigenvalue weighted by Gasteiger charge is -2.23. The largest absolute Gasteiger partial charge is 0.453 e. The average molecular weight is 420 g/mol. The zero-order valence-electron chi connectivity index (χ0n) is 16.5. The van der Waals surface area contributed by atoms with Crippen molar-refractivity contribution in [2.24, 2.45) is 0 Å². The van der Waals surface area contributed by atoms with Crippen LogP contribution in [0.4, 0.5) is 5.82 Å². The highest BCUT2D eigenvalue weighted by Crippen LogP contribution is 2.31. The minimum absolute atomic E-state index is 0.0309. The van der Waals surface area contributed by atoms with Crippen molar-refractivity contribution in [1.29, 1.82) is 0 Å². The van der Waals surface area contributed by atoms with E-state index in [2.05, 4.69) is 24.6 Å². The second-order valence-corrected chi connectivity index (χ2v) is 13.0. The van der Waals surface area contributed by atoms with Gasteiger partial charge >= 0.3 is 11.7 Å². The van der Waals surface area contributed by atoms with Crippen LogP contribution in [-0.4, -0.2) is 58.7 Å². The van der Waals surface area contributed by atoms with Crippen molar-refractivity contribution in [2.45, 2.75) is 44.2 Å². The summed E-state index contributed by atoms with van der Waals surface area (Å²) in [4.78, 5) is 28.6. The van der Waals surface area contributed by atoms with E-state index in [0.717, 1.165) is 9.75 Å². The monoisotopic (exact) mass is 419 g/mol. The number of carbonyl (C=O) groups is 1. The molecule has 2 aromatic rings. The van der Waals surface area contributed by atoms with Crippen LogP contribution < -0.4 is 16.6 Å². The Hall–Kier alpha value is -2.53. The molecule has 10 heteroatoms. The Morgan fingerprint density at radius 2 is 2.00 bits per heavy atom. The summed E-state index contributed by atoms with van der Waals surface area (Å²) in [5, 5.41) is 21.3. The first-order valence-corrected chi connectivity index (χ1v) is 12.7. The van der Waals surface area contributed by atoms with Crippen LogP contribution in [0.3, 0.4) is 0 Å². The third-order valence-corrected chi connectivity index (χ3v) is 6.87. The third kappa shape index (κ3) is 4.25. The predicted octanol–water partition coefficient (Wildman–Crippen LogP) is -0.153. The molecule has 0 aliphatic carbocycles. The summed E-state index contributed by atoms with van der Waals surface area (Å²) in [7, 11) is -1.83. The number of aromatic nitrogens is 2. The van der Waals surface area contributed by atoms with E-state index in [1.54, 1.807) is 12.1 Å². The van der Waals surface area contributed by atoms with Crippen molar-refractivity contribution >= 4 is 25.0 Å². The molecule has 1 aliphatic rings. The van der Waals surface area contributed by atoms with E-state index in [-0.39, 0.29) is 5.82 Å². The van der Waals surface area contributed by atoms with E-state index < -0.39 is 50.9 Å². The molecule has 4 atom stereocenters. The van der Waals surface area contributed by atoms with E-state index in [4.69, 9.17) is 15.2 Å². The number of aliphatic hydroxyl groups excluding tert-OH is 2. The number of aliphatic hydroxyl groups is 2. The molecule has 1 aromatic carbocycles. The lowest BCUT2D eigenvalue weighted by atomic mass is 10.1. The third-order valence-electron chi connectivity index (χ3n) is 4.81. The lowest BCUT2D eigenvalue weighted by molar-refractivity contribution is -0.0562. The minimum atomic E-state index is -1.83. The van der Waals surface area contributed by atoms with Crippen molar-refractivity contribution in [2.75, 3.05) is 12.3 Å². The number of carbonyl (C=O) groups excluding carboxylic acids is 1. The summed E-state index contributed by atoms with van der Waals surface area (Å²) in [6, 6.07) is 8.57. The van der Waals surface area contributed by atoms with Crippen molar-refractivity contribution in [3.05, 3.63) is 52.6 Å². The van der Waals surface area contributed by atoms with Gasteiger partial charge < -0.3 is 25.4 Å². The van der Waals surface area contributed by atoms with Gasteiger partial charge in [0, 0.05) is 6.20 Å². The summed E-state index contributed by atoms with van der Waals surface area (Å²) >= 11 is 0. The summed E-state index contributed by atoms with van der Waals surface area (Å²) in [5.41, 5.74) is 5.19. The van der Waals surface area contributed by atoms with Gasteiger partial charge in [0.1, 0.15) is 18.0 Å². The Kier molecular flexibility index (Phi) is 5.89. The number of nitrogens with zero attached hydrogens (tertiary/aromatic N) is 2. The lowest BCUT2D eigenvalue weighted by Crippen LogP contribution is -2.44. The van der Waals surface area contributed by atoms with Crippen LogP contribution in [0.5, 0.6) is 0 Å². The van der Waals surface area contributed by atoms with Crippen LogP contribution in [0, 0.1) is 0 Å². The number of benzene rings is 1. The Bertz CT molecular complexity index is 957. The molecule has 29 heavy (non-hydrogen) atoms. The predicted molar refractivity (Wildman–Crippen MR) is 109 cm³/mol. The van der Waals surface area contributed by atoms with Gasteiger partial charge in [-0.3, -0.25) is 4.57 Å². The maximum absolute atomic E-state index is 12.9. The highest BCUT2D eigenvalue weighted by molar-refractivity contribution is 6.89. The standard InChI is InChI=1S/C19H25N3O6Si/c1-29(2,3)13-7-5-4-6-11(13)18(25)28-16-12(10-23)27-17(15(16)24)22-9-8-14(20)21-19(22)26/h4-9,12,15-17,23-24H,10H2,1-3H3,(H2,20,21,26)/t12-,15-,16-,17-/m1/s1. The normalized spacial score (nSPS) is 24.4. The zero-order valence-corrected chi connectivity index (χ0v) is 17.5. The average Bonchev–Trinajstić information content (AvgIpc) is 2.97. The maximum atomic E-state index is 12.9. The number of rotatable bonds is 5. The molecule has 0 radical (unpaired) electrons. The maximum Gasteiger partial charge on any atom is 0.351 e. The van der Waals surface area contributed by atoms with Crippen LogP contribution in [0.1, 0.15) is 16.6 Å². The molecule has 1 aliphatic heterocycles. The van der Waals surface area contributed by atoms with Gasteiger partial charge in [-0.25, -0.2) is 9.59 Å². The Labute approximate surface area is 168 Å². The number of nitrogen functional groups attached to an aromatic ring is 1. The molecular formula is C19H25N3O6Si. The van der Waals surface area contributed by atoms with Crippen molar-refractivity contribution in [3.8, 4) is 0 Å². The van der Waals surface area contributed by atoms with Crippen LogP contribution in [0.2, 0.25) is 19.6 Å². The summed E-state index contributed by atoms with van der Waals surface area (Å²) in [5.74, 6) is -0.582. The topological polar surface area (TPSA) is 137 Å². The molecule has 1 saturated heterocycles. The number of hydrogen-bond acceptors (Lipinski definition) is 8. The van der Waals surface area contributed by atoms with Gasteiger partial charge in [0.25, 0.3) is 0 Å². The fourth-order valence-electron chi connectivity index (χ4n) is 3.36. The molecule has 1 fully saturated rings. The smallest absolute Gasteiger partial charge is 0.351 e. The quantitative estimate of drug-likeness (QED) is 0.449. The fourth-order valence-corrected chi connectivity index (χ4v) is 4.95. The summed E-state index contributed by atoms with van der Waals surface area (Å²) < 4.78 is 12.2. The van der Waals surface area contributed by atoms with Crippen LogP contribution in [0.15, 0.2) is 41.3 Å². The minimum Gasteiger partial charge on any atom is -0.453 e. The van der Waals surface area contributed by atoms with E-state index in [1.807, 2.05) is 12.1 Å². The van der Waals surface area contributed by atoms with E-state index in [1.165, 1.54) is 12.3 Å². The van der Waals surface area contributed by atoms with Gasteiger partial charge in [0.15, 0.2) is 12.3 Å². The van der Waals surface area contributed by atoms with Crippen LogP contribution in [0.25, 0.3) is 0 Å². The van der Waals surface area contributed by atoms with Gasteiger partial charge in [0.05, 0.1) is 20.2 Å². The Morgan fingerprint density at radius 3 is 2.62 bits per heavy atom. The molecule has 9 nitrogen and oxygen atoms in total. The van der Waals surface area contributed by atoms with E-state index >= 15 is 0 Å². The molecule has 156 valence electrons. The molecule has 0 unspecified atom stereocenters. The van der Waals surface area contributed by atoms with Gasteiger partial charge in [-0.1, -0.05) is 37.8 Å². The van der Waals surface area contributed by atoms with Gasteiger partial charge in [-0.05, 0) is 17.3 Å². The molecule has 1 aromatic heterocycles. The number of nitrogens with two attached hydrogens (primary N) is 1. The molecule has 0 bridgehead atoms. The van der Waals surface area contributed by atoms with E-state index in [9.17, 15) is 19.8 Å². The SMILES string of the molecule is C[Si](C)(C)c1ccccc1C(=O)O[C@H]1[C@@H](O)[C@H](n2ccc(N)nc2=O)O[C@@H]1CO. The number of anilines is 1.